The van der Waals surface area contributed by atoms with Gasteiger partial charge in [-0.05, 0) is 18.6 Å². The molecule has 0 bridgehead atoms. The summed E-state index contributed by atoms with van der Waals surface area (Å²) in [6.45, 7) is 2.60. The van der Waals surface area contributed by atoms with Crippen LogP contribution in [-0.2, 0) is 6.42 Å². The number of nitriles is 1. The fraction of sp³-hybridized carbons (Fsp3) is 0.250. The highest BCUT2D eigenvalue weighted by atomic mass is 16.5. The summed E-state index contributed by atoms with van der Waals surface area (Å²) in [5, 5.41) is 9.75. The van der Waals surface area contributed by atoms with Gasteiger partial charge in [-0.1, -0.05) is 12.1 Å². The molecular weight excluding hydrogens is 188 g/mol. The van der Waals surface area contributed by atoms with E-state index in [1.807, 2.05) is 31.3 Å². The average molecular weight is 200 g/mol. The van der Waals surface area contributed by atoms with Crippen molar-refractivity contribution >= 4 is 10.9 Å². The second-order valence-electron chi connectivity index (χ2n) is 3.26. The molecule has 0 amide bonds. The lowest BCUT2D eigenvalue weighted by atomic mass is 10.1. The molecule has 0 saturated heterocycles. The quantitative estimate of drug-likeness (QED) is 0.827. The van der Waals surface area contributed by atoms with Crippen molar-refractivity contribution in [2.75, 3.05) is 6.61 Å². The lowest BCUT2D eigenvalue weighted by molar-refractivity contribution is 0.344. The molecule has 1 heterocycles. The maximum atomic E-state index is 8.68. The van der Waals surface area contributed by atoms with Crippen LogP contribution >= 0.6 is 0 Å². The Balaban J connectivity index is 2.54. The van der Waals surface area contributed by atoms with Crippen molar-refractivity contribution < 1.29 is 4.74 Å². The van der Waals surface area contributed by atoms with Crippen LogP contribution in [0.25, 0.3) is 10.9 Å². The highest BCUT2D eigenvalue weighted by Gasteiger charge is 2.07. The van der Waals surface area contributed by atoms with E-state index in [0.717, 1.165) is 22.2 Å². The molecular formula is C12H12N2O. The van der Waals surface area contributed by atoms with Crippen molar-refractivity contribution in [2.24, 2.45) is 0 Å². The molecule has 15 heavy (non-hydrogen) atoms. The number of benzene rings is 1. The van der Waals surface area contributed by atoms with Crippen LogP contribution < -0.4 is 4.74 Å². The van der Waals surface area contributed by atoms with Crippen LogP contribution in [0, 0.1) is 11.3 Å². The van der Waals surface area contributed by atoms with Crippen molar-refractivity contribution in [3.8, 4) is 11.8 Å². The minimum atomic E-state index is 0.426. The minimum absolute atomic E-state index is 0.426. The van der Waals surface area contributed by atoms with Crippen LogP contribution in [0.2, 0.25) is 0 Å². The van der Waals surface area contributed by atoms with E-state index >= 15 is 0 Å². The Bertz CT molecular complexity index is 508. The highest BCUT2D eigenvalue weighted by molar-refractivity contribution is 5.88. The zero-order valence-corrected chi connectivity index (χ0v) is 8.58. The second-order valence-corrected chi connectivity index (χ2v) is 3.26. The summed E-state index contributed by atoms with van der Waals surface area (Å²) in [5.41, 5.74) is 2.00. The largest absolute Gasteiger partial charge is 0.492 e. The number of aromatic amines is 1. The van der Waals surface area contributed by atoms with Gasteiger partial charge in [-0.25, -0.2) is 0 Å². The number of rotatable bonds is 3. The second kappa shape index (κ2) is 4.05. The summed E-state index contributed by atoms with van der Waals surface area (Å²) in [5.74, 6) is 0.846. The lowest BCUT2D eigenvalue weighted by Gasteiger charge is -2.03. The van der Waals surface area contributed by atoms with Crippen LogP contribution in [0.15, 0.2) is 24.4 Å². The standard InChI is InChI=1S/C12H12N2O/c1-2-15-11-5-3-4-10-9(6-7-13)8-14-12(10)11/h3-5,8,14H,2,6H2,1H3. The van der Waals surface area contributed by atoms with E-state index in [1.165, 1.54) is 0 Å². The van der Waals surface area contributed by atoms with Gasteiger partial charge in [-0.3, -0.25) is 0 Å². The number of hydrogen-bond donors (Lipinski definition) is 1. The molecule has 0 spiro atoms. The van der Waals surface area contributed by atoms with Gasteiger partial charge in [0.2, 0.25) is 0 Å². The summed E-state index contributed by atoms with van der Waals surface area (Å²) < 4.78 is 5.50. The SMILES string of the molecule is CCOc1cccc2c(CC#N)c[nH]c12. The van der Waals surface area contributed by atoms with Gasteiger partial charge in [-0.15, -0.1) is 0 Å². The number of ether oxygens (including phenoxy) is 1. The molecule has 1 N–H and O–H groups in total. The molecule has 1 aromatic carbocycles. The maximum absolute atomic E-state index is 8.68. The van der Waals surface area contributed by atoms with Gasteiger partial charge in [0, 0.05) is 11.6 Å². The monoisotopic (exact) mass is 200 g/mol. The van der Waals surface area contributed by atoms with Crippen LogP contribution in [0.4, 0.5) is 0 Å². The van der Waals surface area contributed by atoms with Gasteiger partial charge in [0.1, 0.15) is 5.75 Å². The molecule has 0 saturated carbocycles. The predicted octanol–water partition coefficient (Wildman–Crippen LogP) is 2.63. The summed E-state index contributed by atoms with van der Waals surface area (Å²) in [6.07, 6.45) is 2.30. The maximum Gasteiger partial charge on any atom is 0.143 e. The fourth-order valence-corrected chi connectivity index (χ4v) is 1.69. The minimum Gasteiger partial charge on any atom is -0.492 e. The summed E-state index contributed by atoms with van der Waals surface area (Å²) >= 11 is 0. The summed E-state index contributed by atoms with van der Waals surface area (Å²) in [7, 11) is 0. The first-order valence-corrected chi connectivity index (χ1v) is 4.95. The Labute approximate surface area is 88.3 Å². The van der Waals surface area contributed by atoms with Gasteiger partial charge < -0.3 is 9.72 Å². The summed E-state index contributed by atoms with van der Waals surface area (Å²) in [6, 6.07) is 8.03. The van der Waals surface area contributed by atoms with Crippen molar-refractivity contribution in [2.45, 2.75) is 13.3 Å². The number of fused-ring (bicyclic) bond motifs is 1. The van der Waals surface area contributed by atoms with E-state index < -0.39 is 0 Å². The van der Waals surface area contributed by atoms with Gasteiger partial charge in [-0.2, -0.15) is 5.26 Å². The van der Waals surface area contributed by atoms with Crippen molar-refractivity contribution in [3.63, 3.8) is 0 Å². The van der Waals surface area contributed by atoms with Crippen molar-refractivity contribution in [1.29, 1.82) is 5.26 Å². The molecule has 3 heteroatoms. The molecule has 0 aliphatic heterocycles. The summed E-state index contributed by atoms with van der Waals surface area (Å²) in [4.78, 5) is 3.15. The number of nitrogens with one attached hydrogen (secondary N) is 1. The molecule has 0 radical (unpaired) electrons. The molecule has 3 nitrogen and oxygen atoms in total. The Kier molecular flexibility index (Phi) is 2.59. The highest BCUT2D eigenvalue weighted by Crippen LogP contribution is 2.27. The van der Waals surface area contributed by atoms with E-state index in [-0.39, 0.29) is 0 Å². The Hall–Kier alpha value is -1.95. The Morgan fingerprint density at radius 1 is 1.47 bits per heavy atom. The smallest absolute Gasteiger partial charge is 0.143 e. The molecule has 2 aromatic rings. The number of hydrogen-bond acceptors (Lipinski definition) is 2. The Morgan fingerprint density at radius 3 is 3.07 bits per heavy atom. The van der Waals surface area contributed by atoms with Crippen LogP contribution in [-0.4, -0.2) is 11.6 Å². The van der Waals surface area contributed by atoms with E-state index in [4.69, 9.17) is 10.00 Å². The van der Waals surface area contributed by atoms with Gasteiger partial charge >= 0.3 is 0 Å². The number of nitrogens with zero attached hydrogens (tertiary/aromatic N) is 1. The fourth-order valence-electron chi connectivity index (χ4n) is 1.69. The van der Waals surface area contributed by atoms with Crippen LogP contribution in [0.1, 0.15) is 12.5 Å². The first kappa shape index (κ1) is 9.60. The van der Waals surface area contributed by atoms with Crippen LogP contribution in [0.3, 0.4) is 0 Å². The van der Waals surface area contributed by atoms with Gasteiger partial charge in [0.25, 0.3) is 0 Å². The molecule has 2 rings (SSSR count). The molecule has 76 valence electrons. The predicted molar refractivity (Wildman–Crippen MR) is 58.8 cm³/mol. The molecule has 0 atom stereocenters. The van der Waals surface area contributed by atoms with Crippen molar-refractivity contribution in [3.05, 3.63) is 30.0 Å². The Morgan fingerprint density at radius 2 is 2.33 bits per heavy atom. The molecule has 0 aliphatic carbocycles. The first-order valence-electron chi connectivity index (χ1n) is 4.95. The molecule has 0 unspecified atom stereocenters. The van der Waals surface area contributed by atoms with Crippen LogP contribution in [0.5, 0.6) is 5.75 Å². The van der Waals surface area contributed by atoms with Crippen molar-refractivity contribution in [1.82, 2.24) is 4.98 Å². The third-order valence-electron chi connectivity index (χ3n) is 2.33. The number of aromatic nitrogens is 1. The normalized spacial score (nSPS) is 10.1. The van der Waals surface area contributed by atoms with E-state index in [9.17, 15) is 0 Å². The topological polar surface area (TPSA) is 48.8 Å². The third-order valence-corrected chi connectivity index (χ3v) is 2.33. The zero-order valence-electron chi connectivity index (χ0n) is 8.58. The average Bonchev–Trinajstić information content (AvgIpc) is 2.64. The zero-order chi connectivity index (χ0) is 10.7. The third kappa shape index (κ3) is 1.66. The molecule has 0 aliphatic rings. The van der Waals surface area contributed by atoms with E-state index in [2.05, 4.69) is 11.1 Å². The van der Waals surface area contributed by atoms with Gasteiger partial charge in [0.05, 0.1) is 24.6 Å². The number of H-pyrrole nitrogens is 1. The lowest BCUT2D eigenvalue weighted by Crippen LogP contribution is -1.91. The molecule has 1 aromatic heterocycles. The van der Waals surface area contributed by atoms with E-state index in [1.54, 1.807) is 0 Å². The van der Waals surface area contributed by atoms with Gasteiger partial charge in [0.15, 0.2) is 0 Å². The van der Waals surface area contributed by atoms with E-state index in [0.29, 0.717) is 13.0 Å². The molecule has 0 fully saturated rings. The first-order chi connectivity index (χ1) is 7.36. The number of para-hydroxylation sites is 1.